The highest BCUT2D eigenvalue weighted by Gasteiger charge is 2.31. The van der Waals surface area contributed by atoms with Gasteiger partial charge < -0.3 is 0 Å². The molecule has 0 fully saturated rings. The number of anilines is 1. The Morgan fingerprint density at radius 1 is 1.14 bits per heavy atom. The summed E-state index contributed by atoms with van der Waals surface area (Å²) in [5, 5.41) is -0.0445. The molecule has 0 saturated carbocycles. The first-order valence-corrected chi connectivity index (χ1v) is 7.37. The monoisotopic (exact) mass is 336 g/mol. The fourth-order valence-corrected chi connectivity index (χ4v) is 3.04. The molecule has 0 amide bonds. The number of alkyl halides is 3. The molecule has 0 aliphatic heterocycles. The highest BCUT2D eigenvalue weighted by Crippen LogP contribution is 2.30. The molecule has 21 heavy (non-hydrogen) atoms. The van der Waals surface area contributed by atoms with Crippen LogP contribution in [0, 0.1) is 0 Å². The highest BCUT2D eigenvalue weighted by molar-refractivity contribution is 7.92. The Balaban J connectivity index is 2.36. The first-order chi connectivity index (χ1) is 9.70. The molecule has 0 saturated heterocycles. The molecule has 1 aromatic carbocycles. The summed E-state index contributed by atoms with van der Waals surface area (Å²) in [5.41, 5.74) is -1.01. The van der Waals surface area contributed by atoms with Gasteiger partial charge in [-0.1, -0.05) is 23.7 Å². The second-order valence-corrected chi connectivity index (χ2v) is 6.02. The SMILES string of the molecule is O=S(=O)(Nc1cc(C(F)(F)F)ccn1)c1ccccc1Cl. The molecule has 2 aromatic rings. The van der Waals surface area contributed by atoms with E-state index in [0.717, 1.165) is 12.3 Å². The van der Waals surface area contributed by atoms with Gasteiger partial charge in [0.1, 0.15) is 10.7 Å². The maximum absolute atomic E-state index is 12.6. The predicted molar refractivity (Wildman–Crippen MR) is 71.5 cm³/mol. The summed E-state index contributed by atoms with van der Waals surface area (Å²) in [6, 6.07) is 6.92. The Morgan fingerprint density at radius 2 is 1.81 bits per heavy atom. The van der Waals surface area contributed by atoms with Crippen LogP contribution in [0.15, 0.2) is 47.5 Å². The van der Waals surface area contributed by atoms with E-state index in [1.54, 1.807) is 0 Å². The summed E-state index contributed by atoms with van der Waals surface area (Å²) in [6.45, 7) is 0. The Hall–Kier alpha value is -1.80. The zero-order chi connectivity index (χ0) is 15.7. The molecule has 0 radical (unpaired) electrons. The number of benzene rings is 1. The number of pyridine rings is 1. The average Bonchev–Trinajstić information content (AvgIpc) is 2.37. The van der Waals surface area contributed by atoms with Crippen molar-refractivity contribution in [1.82, 2.24) is 4.98 Å². The van der Waals surface area contributed by atoms with E-state index in [-0.39, 0.29) is 9.92 Å². The number of rotatable bonds is 3. The molecular weight excluding hydrogens is 329 g/mol. The van der Waals surface area contributed by atoms with Crippen LogP contribution in [-0.2, 0) is 16.2 Å². The minimum atomic E-state index is -4.59. The molecule has 1 heterocycles. The molecule has 0 aliphatic rings. The van der Waals surface area contributed by atoms with Crippen molar-refractivity contribution in [3.05, 3.63) is 53.2 Å². The molecule has 1 aromatic heterocycles. The third-order valence-corrected chi connectivity index (χ3v) is 4.31. The van der Waals surface area contributed by atoms with E-state index < -0.39 is 27.6 Å². The van der Waals surface area contributed by atoms with Crippen molar-refractivity contribution < 1.29 is 21.6 Å². The van der Waals surface area contributed by atoms with Crippen LogP contribution in [0.5, 0.6) is 0 Å². The predicted octanol–water partition coefficient (Wildman–Crippen LogP) is 3.55. The van der Waals surface area contributed by atoms with Crippen molar-refractivity contribution in [3.8, 4) is 0 Å². The van der Waals surface area contributed by atoms with E-state index in [9.17, 15) is 21.6 Å². The molecule has 1 N–H and O–H groups in total. The fourth-order valence-electron chi connectivity index (χ4n) is 1.52. The smallest absolute Gasteiger partial charge is 0.263 e. The topological polar surface area (TPSA) is 59.1 Å². The summed E-state index contributed by atoms with van der Waals surface area (Å²) in [4.78, 5) is 3.32. The molecule has 4 nitrogen and oxygen atoms in total. The number of nitrogens with one attached hydrogen (secondary N) is 1. The van der Waals surface area contributed by atoms with E-state index >= 15 is 0 Å². The van der Waals surface area contributed by atoms with Gasteiger partial charge in [-0.2, -0.15) is 13.2 Å². The maximum atomic E-state index is 12.6. The third-order valence-electron chi connectivity index (χ3n) is 2.45. The van der Waals surface area contributed by atoms with Gasteiger partial charge in [-0.05, 0) is 24.3 Å². The zero-order valence-corrected chi connectivity index (χ0v) is 11.8. The van der Waals surface area contributed by atoms with E-state index in [4.69, 9.17) is 11.6 Å². The quantitative estimate of drug-likeness (QED) is 0.932. The number of aromatic nitrogens is 1. The van der Waals surface area contributed by atoms with E-state index in [0.29, 0.717) is 6.07 Å². The van der Waals surface area contributed by atoms with Crippen molar-refractivity contribution in [3.63, 3.8) is 0 Å². The van der Waals surface area contributed by atoms with Gasteiger partial charge in [0.05, 0.1) is 10.6 Å². The van der Waals surface area contributed by atoms with Crippen molar-refractivity contribution >= 4 is 27.4 Å². The molecule has 0 unspecified atom stereocenters. The van der Waals surface area contributed by atoms with Crippen LogP contribution in [0.3, 0.4) is 0 Å². The van der Waals surface area contributed by atoms with Gasteiger partial charge in [0, 0.05) is 6.20 Å². The van der Waals surface area contributed by atoms with Crippen LogP contribution in [0.4, 0.5) is 19.0 Å². The maximum Gasteiger partial charge on any atom is 0.416 e. The lowest BCUT2D eigenvalue weighted by molar-refractivity contribution is -0.137. The zero-order valence-electron chi connectivity index (χ0n) is 10.2. The third kappa shape index (κ3) is 3.64. The van der Waals surface area contributed by atoms with Gasteiger partial charge in [-0.25, -0.2) is 13.4 Å². The average molecular weight is 337 g/mol. The summed E-state index contributed by atoms with van der Waals surface area (Å²) in [5.74, 6) is -0.440. The Kier molecular flexibility index (Phi) is 4.11. The first-order valence-electron chi connectivity index (χ1n) is 5.51. The second-order valence-electron chi connectivity index (χ2n) is 3.96. The van der Waals surface area contributed by atoms with Crippen LogP contribution in [-0.4, -0.2) is 13.4 Å². The number of nitrogens with zero attached hydrogens (tertiary/aromatic N) is 1. The van der Waals surface area contributed by atoms with Crippen molar-refractivity contribution in [2.75, 3.05) is 4.72 Å². The minimum Gasteiger partial charge on any atom is -0.263 e. The molecule has 9 heteroatoms. The van der Waals surface area contributed by atoms with Crippen molar-refractivity contribution in [2.24, 2.45) is 0 Å². The van der Waals surface area contributed by atoms with Gasteiger partial charge >= 0.3 is 6.18 Å². The van der Waals surface area contributed by atoms with Crippen LogP contribution < -0.4 is 4.72 Å². The first kappa shape index (κ1) is 15.6. The summed E-state index contributed by atoms with van der Waals surface area (Å²) < 4.78 is 63.8. The molecule has 2 rings (SSSR count). The lowest BCUT2D eigenvalue weighted by Gasteiger charge is -2.11. The van der Waals surface area contributed by atoms with Crippen LogP contribution in [0.25, 0.3) is 0 Å². The standard InChI is InChI=1S/C12H8ClF3N2O2S/c13-9-3-1-2-4-10(9)21(19,20)18-11-7-8(5-6-17-11)12(14,15)16/h1-7H,(H,17,18). The summed E-state index contributed by atoms with van der Waals surface area (Å²) in [7, 11) is -4.12. The number of hydrogen-bond acceptors (Lipinski definition) is 3. The molecular formula is C12H8ClF3N2O2S. The van der Waals surface area contributed by atoms with E-state index in [1.165, 1.54) is 24.3 Å². The summed E-state index contributed by atoms with van der Waals surface area (Å²) >= 11 is 5.76. The van der Waals surface area contributed by atoms with Gasteiger partial charge in [-0.15, -0.1) is 0 Å². The highest BCUT2D eigenvalue weighted by atomic mass is 35.5. The van der Waals surface area contributed by atoms with Gasteiger partial charge in [0.25, 0.3) is 10.0 Å². The Labute approximate surface area is 123 Å². The lowest BCUT2D eigenvalue weighted by Crippen LogP contribution is -2.15. The Morgan fingerprint density at radius 3 is 2.43 bits per heavy atom. The number of hydrogen-bond donors (Lipinski definition) is 1. The number of halogens is 4. The second kappa shape index (κ2) is 5.53. The van der Waals surface area contributed by atoms with Crippen LogP contribution in [0.2, 0.25) is 5.02 Å². The van der Waals surface area contributed by atoms with Gasteiger partial charge in [-0.3, -0.25) is 4.72 Å². The van der Waals surface area contributed by atoms with Crippen molar-refractivity contribution in [2.45, 2.75) is 11.1 Å². The largest absolute Gasteiger partial charge is 0.416 e. The van der Waals surface area contributed by atoms with Gasteiger partial charge in [0.2, 0.25) is 0 Å². The molecule has 112 valence electrons. The van der Waals surface area contributed by atoms with Crippen LogP contribution >= 0.6 is 11.6 Å². The lowest BCUT2D eigenvalue weighted by atomic mass is 10.2. The number of sulfonamides is 1. The molecule has 0 aliphatic carbocycles. The summed E-state index contributed by atoms with van der Waals surface area (Å²) in [6.07, 6.45) is -3.72. The van der Waals surface area contributed by atoms with Crippen molar-refractivity contribution in [1.29, 1.82) is 0 Å². The fraction of sp³-hybridized carbons (Fsp3) is 0.0833. The normalized spacial score (nSPS) is 12.2. The molecule has 0 atom stereocenters. The molecule has 0 bridgehead atoms. The Bertz CT molecular complexity index is 763. The van der Waals surface area contributed by atoms with Gasteiger partial charge in [0.15, 0.2) is 0 Å². The van der Waals surface area contributed by atoms with Crippen LogP contribution in [0.1, 0.15) is 5.56 Å². The molecule has 0 spiro atoms. The minimum absolute atomic E-state index is 0.0445. The van der Waals surface area contributed by atoms with E-state index in [2.05, 4.69) is 4.98 Å². The van der Waals surface area contributed by atoms with E-state index in [1.807, 2.05) is 4.72 Å².